The van der Waals surface area contributed by atoms with Gasteiger partial charge in [-0.3, -0.25) is 9.69 Å². The summed E-state index contributed by atoms with van der Waals surface area (Å²) in [6, 6.07) is 10.1. The van der Waals surface area contributed by atoms with Crippen molar-refractivity contribution in [2.24, 2.45) is 0 Å². The van der Waals surface area contributed by atoms with Gasteiger partial charge < -0.3 is 9.84 Å². The van der Waals surface area contributed by atoms with E-state index in [-0.39, 0.29) is 35.0 Å². The summed E-state index contributed by atoms with van der Waals surface area (Å²) >= 11 is 0. The van der Waals surface area contributed by atoms with Gasteiger partial charge in [-0.05, 0) is 31.2 Å². The highest BCUT2D eigenvalue weighted by atomic mass is 32.2. The van der Waals surface area contributed by atoms with E-state index in [1.807, 2.05) is 6.92 Å². The zero-order valence-corrected chi connectivity index (χ0v) is 15.6. The lowest BCUT2D eigenvalue weighted by Gasteiger charge is -2.34. The number of ether oxygens (including phenoxy) is 1. The minimum atomic E-state index is -4.09. The number of carboxylic acids is 1. The van der Waals surface area contributed by atoms with Crippen LogP contribution in [0.25, 0.3) is 0 Å². The smallest absolute Gasteiger partial charge is 0.342 e. The molecule has 1 N–H and O–H groups in total. The first-order valence-electron chi connectivity index (χ1n) is 8.10. The van der Waals surface area contributed by atoms with Crippen LogP contribution in [0.2, 0.25) is 0 Å². The van der Waals surface area contributed by atoms with Crippen LogP contribution in [0.4, 0.5) is 16.2 Å². The van der Waals surface area contributed by atoms with Gasteiger partial charge in [0.15, 0.2) is 0 Å². The number of urea groups is 1. The summed E-state index contributed by atoms with van der Waals surface area (Å²) in [6.45, 7) is 1.80. The Morgan fingerprint density at radius 1 is 1.15 bits per heavy atom. The summed E-state index contributed by atoms with van der Waals surface area (Å²) in [7, 11) is -2.62. The van der Waals surface area contributed by atoms with Crippen LogP contribution in [-0.4, -0.2) is 39.2 Å². The maximum atomic E-state index is 13.0. The number of rotatable bonds is 5. The molecule has 2 aromatic rings. The molecule has 0 atom stereocenters. The Kier molecular flexibility index (Phi) is 4.79. The lowest BCUT2D eigenvalue weighted by Crippen LogP contribution is -2.49. The molecule has 142 valence electrons. The van der Waals surface area contributed by atoms with Crippen LogP contribution < -0.4 is 13.9 Å². The molecular formula is C18H18N2O6S. The SMILES string of the molecule is Cc1ccc(N2C(=O)N(C)c3cc(OCCC(=O)O)ccc3S2(=O)=O)cc1. The number of carbonyl (C=O) groups excluding carboxylic acids is 1. The third-order valence-electron chi connectivity index (χ3n) is 4.12. The number of carboxylic acid groups (broad SMARTS) is 1. The first kappa shape index (κ1) is 18.7. The lowest BCUT2D eigenvalue weighted by molar-refractivity contribution is -0.137. The van der Waals surface area contributed by atoms with Crippen LogP contribution in [0.1, 0.15) is 12.0 Å². The molecule has 9 heteroatoms. The second-order valence-electron chi connectivity index (χ2n) is 6.07. The topological polar surface area (TPSA) is 104 Å². The third-order valence-corrected chi connectivity index (χ3v) is 5.87. The molecule has 0 bridgehead atoms. The van der Waals surface area contributed by atoms with Crippen molar-refractivity contribution < 1.29 is 27.9 Å². The predicted octanol–water partition coefficient (Wildman–Crippen LogP) is 2.61. The standard InChI is InChI=1S/C18H18N2O6S/c1-12-3-5-13(6-4-12)20-18(23)19(2)15-11-14(26-10-9-17(21)22)7-8-16(15)27(20,24)25/h3-8,11H,9-10H2,1-2H3,(H,21,22). The Hall–Kier alpha value is -3.07. The van der Waals surface area contributed by atoms with E-state index in [4.69, 9.17) is 9.84 Å². The van der Waals surface area contributed by atoms with Crippen molar-refractivity contribution in [2.75, 3.05) is 22.9 Å². The molecular weight excluding hydrogens is 372 g/mol. The summed E-state index contributed by atoms with van der Waals surface area (Å²) in [5, 5.41) is 8.67. The molecule has 0 saturated carbocycles. The van der Waals surface area contributed by atoms with Gasteiger partial charge in [-0.15, -0.1) is 0 Å². The number of carbonyl (C=O) groups is 2. The van der Waals surface area contributed by atoms with Crippen molar-refractivity contribution in [1.29, 1.82) is 0 Å². The molecule has 1 aliphatic heterocycles. The van der Waals surface area contributed by atoms with Gasteiger partial charge in [0.1, 0.15) is 10.6 Å². The number of fused-ring (bicyclic) bond motifs is 1. The van der Waals surface area contributed by atoms with Gasteiger partial charge in [0.05, 0.1) is 24.4 Å². The first-order chi connectivity index (χ1) is 12.7. The second kappa shape index (κ2) is 6.92. The first-order valence-corrected chi connectivity index (χ1v) is 9.54. The normalized spacial score (nSPS) is 15.4. The fourth-order valence-corrected chi connectivity index (χ4v) is 4.32. The maximum absolute atomic E-state index is 13.0. The van der Waals surface area contributed by atoms with Crippen molar-refractivity contribution in [3.63, 3.8) is 0 Å². The van der Waals surface area contributed by atoms with Crippen LogP contribution >= 0.6 is 0 Å². The van der Waals surface area contributed by atoms with Crippen LogP contribution in [0.3, 0.4) is 0 Å². The largest absolute Gasteiger partial charge is 0.493 e. The number of nitrogens with zero attached hydrogens (tertiary/aromatic N) is 2. The van der Waals surface area contributed by atoms with Crippen molar-refractivity contribution in [3.8, 4) is 5.75 Å². The van der Waals surface area contributed by atoms with Gasteiger partial charge >= 0.3 is 12.0 Å². The van der Waals surface area contributed by atoms with Gasteiger partial charge in [-0.25, -0.2) is 13.2 Å². The van der Waals surface area contributed by atoms with E-state index < -0.39 is 22.0 Å². The van der Waals surface area contributed by atoms with E-state index in [9.17, 15) is 18.0 Å². The Morgan fingerprint density at radius 2 is 1.81 bits per heavy atom. The van der Waals surface area contributed by atoms with Crippen LogP contribution in [-0.2, 0) is 14.8 Å². The van der Waals surface area contributed by atoms with E-state index in [1.165, 1.54) is 30.1 Å². The molecule has 3 rings (SSSR count). The van der Waals surface area contributed by atoms with Crippen LogP contribution in [0.15, 0.2) is 47.4 Å². The minimum absolute atomic E-state index is 0.0317. The van der Waals surface area contributed by atoms with Crippen molar-refractivity contribution in [3.05, 3.63) is 48.0 Å². The highest BCUT2D eigenvalue weighted by Crippen LogP contribution is 2.38. The fourth-order valence-electron chi connectivity index (χ4n) is 2.69. The molecule has 27 heavy (non-hydrogen) atoms. The summed E-state index contributed by atoms with van der Waals surface area (Å²) in [6.07, 6.45) is -0.189. The quantitative estimate of drug-likeness (QED) is 0.842. The Balaban J connectivity index is 2.00. The van der Waals surface area contributed by atoms with Crippen LogP contribution in [0.5, 0.6) is 5.75 Å². The molecule has 0 unspecified atom stereocenters. The Bertz CT molecular complexity index is 1000. The zero-order valence-electron chi connectivity index (χ0n) is 14.7. The van der Waals surface area contributed by atoms with Gasteiger partial charge in [0.2, 0.25) is 0 Å². The monoisotopic (exact) mass is 390 g/mol. The molecule has 1 heterocycles. The number of hydrogen-bond acceptors (Lipinski definition) is 5. The number of benzene rings is 2. The van der Waals surface area contributed by atoms with Gasteiger partial charge in [0.25, 0.3) is 10.0 Å². The highest BCUT2D eigenvalue weighted by Gasteiger charge is 2.41. The summed E-state index contributed by atoms with van der Waals surface area (Å²) < 4.78 is 32.1. The van der Waals surface area contributed by atoms with Crippen molar-refractivity contribution in [1.82, 2.24) is 0 Å². The molecule has 0 fully saturated rings. The van der Waals surface area contributed by atoms with Gasteiger partial charge in [-0.2, -0.15) is 4.31 Å². The van der Waals surface area contributed by atoms with E-state index in [0.29, 0.717) is 0 Å². The van der Waals surface area contributed by atoms with Gasteiger partial charge in [-0.1, -0.05) is 17.7 Å². The minimum Gasteiger partial charge on any atom is -0.493 e. The number of sulfonamides is 1. The number of anilines is 2. The number of amides is 2. The fraction of sp³-hybridized carbons (Fsp3) is 0.222. The molecule has 0 spiro atoms. The van der Waals surface area contributed by atoms with Crippen molar-refractivity contribution in [2.45, 2.75) is 18.2 Å². The molecule has 0 aliphatic carbocycles. The van der Waals surface area contributed by atoms with E-state index in [2.05, 4.69) is 0 Å². The van der Waals surface area contributed by atoms with Crippen LogP contribution in [0, 0.1) is 6.92 Å². The molecule has 0 radical (unpaired) electrons. The number of hydrogen-bond donors (Lipinski definition) is 1. The molecule has 0 saturated heterocycles. The molecule has 8 nitrogen and oxygen atoms in total. The predicted molar refractivity (Wildman–Crippen MR) is 98.8 cm³/mol. The van der Waals surface area contributed by atoms with E-state index >= 15 is 0 Å². The van der Waals surface area contributed by atoms with E-state index in [0.717, 1.165) is 9.87 Å². The summed E-state index contributed by atoms with van der Waals surface area (Å²) in [5.74, 6) is -0.717. The molecule has 0 aromatic heterocycles. The number of aryl methyl sites for hydroxylation is 1. The third kappa shape index (κ3) is 3.45. The Labute approximate surface area is 156 Å². The molecule has 2 amide bonds. The zero-order chi connectivity index (χ0) is 19.8. The average molecular weight is 390 g/mol. The maximum Gasteiger partial charge on any atom is 0.342 e. The lowest BCUT2D eigenvalue weighted by atomic mass is 10.2. The van der Waals surface area contributed by atoms with Gasteiger partial charge in [0, 0.05) is 13.1 Å². The van der Waals surface area contributed by atoms with E-state index in [1.54, 1.807) is 24.3 Å². The summed E-state index contributed by atoms with van der Waals surface area (Å²) in [4.78, 5) is 24.5. The second-order valence-corrected chi connectivity index (χ2v) is 7.82. The average Bonchev–Trinajstić information content (AvgIpc) is 2.61. The summed E-state index contributed by atoms with van der Waals surface area (Å²) in [5.41, 5.74) is 1.37. The van der Waals surface area contributed by atoms with Crippen molar-refractivity contribution >= 4 is 33.4 Å². The highest BCUT2D eigenvalue weighted by molar-refractivity contribution is 7.94. The number of aliphatic carboxylic acids is 1. The molecule has 1 aliphatic rings. The molecule has 2 aromatic carbocycles. The Morgan fingerprint density at radius 3 is 2.44 bits per heavy atom.